The predicted octanol–water partition coefficient (Wildman–Crippen LogP) is 3.55. The van der Waals surface area contributed by atoms with Gasteiger partial charge in [0.2, 0.25) is 0 Å². The molecule has 0 aliphatic rings. The van der Waals surface area contributed by atoms with Crippen molar-refractivity contribution in [2.24, 2.45) is 0 Å². The number of aryl methyl sites for hydroxylation is 1. The van der Waals surface area contributed by atoms with E-state index in [1.807, 2.05) is 13.0 Å². The zero-order chi connectivity index (χ0) is 17.1. The fraction of sp³-hybridized carbons (Fsp3) is 0.125. The summed E-state index contributed by atoms with van der Waals surface area (Å²) < 4.78 is 5.32. The van der Waals surface area contributed by atoms with Crippen molar-refractivity contribution in [3.63, 3.8) is 0 Å². The number of non-ortho nitro benzene ring substituents is 1. The maximum absolute atomic E-state index is 12.1. The van der Waals surface area contributed by atoms with Crippen molar-refractivity contribution in [1.29, 1.82) is 0 Å². The highest BCUT2D eigenvalue weighted by molar-refractivity contribution is 7.15. The lowest BCUT2D eigenvalue weighted by Crippen LogP contribution is -2.22. The van der Waals surface area contributed by atoms with Crippen LogP contribution in [-0.2, 0) is 6.54 Å². The van der Waals surface area contributed by atoms with E-state index in [-0.39, 0.29) is 11.6 Å². The van der Waals surface area contributed by atoms with Gasteiger partial charge in [-0.15, -0.1) is 11.3 Å². The van der Waals surface area contributed by atoms with Crippen molar-refractivity contribution in [3.8, 4) is 10.8 Å². The summed E-state index contributed by atoms with van der Waals surface area (Å²) in [6.45, 7) is 2.20. The SMILES string of the molecule is Cc1nc(-c2ccco2)sc1CNC(=O)c1ccc([N+](=O)[O-])cc1. The van der Waals surface area contributed by atoms with Gasteiger partial charge in [-0.05, 0) is 31.2 Å². The van der Waals surface area contributed by atoms with Crippen LogP contribution in [0, 0.1) is 17.0 Å². The molecule has 0 unspecified atom stereocenters. The molecule has 0 aliphatic carbocycles. The first kappa shape index (κ1) is 15.9. The van der Waals surface area contributed by atoms with Gasteiger partial charge in [0.25, 0.3) is 11.6 Å². The third-order valence-electron chi connectivity index (χ3n) is 3.37. The standard InChI is InChI=1S/C16H13N3O4S/c1-10-14(24-16(18-10)13-3-2-8-23-13)9-17-15(20)11-4-6-12(7-5-11)19(21)22/h2-8H,9H2,1H3,(H,17,20). The number of carbonyl (C=O) groups excluding carboxylic acids is 1. The molecule has 122 valence electrons. The molecule has 24 heavy (non-hydrogen) atoms. The van der Waals surface area contributed by atoms with Crippen LogP contribution in [0.1, 0.15) is 20.9 Å². The Balaban J connectivity index is 1.67. The molecule has 0 saturated carbocycles. The molecule has 0 bridgehead atoms. The van der Waals surface area contributed by atoms with Gasteiger partial charge in [-0.2, -0.15) is 0 Å². The summed E-state index contributed by atoms with van der Waals surface area (Å²) in [6.07, 6.45) is 1.59. The minimum atomic E-state index is -0.501. The van der Waals surface area contributed by atoms with Gasteiger partial charge < -0.3 is 9.73 Å². The number of nitrogens with one attached hydrogen (secondary N) is 1. The van der Waals surface area contributed by atoms with Crippen molar-refractivity contribution in [2.45, 2.75) is 13.5 Å². The summed E-state index contributed by atoms with van der Waals surface area (Å²) in [5.41, 5.74) is 1.15. The number of amides is 1. The highest BCUT2D eigenvalue weighted by Crippen LogP contribution is 2.28. The second-order valence-electron chi connectivity index (χ2n) is 4.99. The number of carbonyl (C=O) groups is 1. The molecule has 0 saturated heterocycles. The molecule has 1 N–H and O–H groups in total. The van der Waals surface area contributed by atoms with Crippen molar-refractivity contribution < 1.29 is 14.1 Å². The third kappa shape index (κ3) is 3.33. The number of thiazole rings is 1. The quantitative estimate of drug-likeness (QED) is 0.564. The van der Waals surface area contributed by atoms with E-state index in [9.17, 15) is 14.9 Å². The Bertz CT molecular complexity index is 869. The van der Waals surface area contributed by atoms with Crippen LogP contribution in [-0.4, -0.2) is 15.8 Å². The van der Waals surface area contributed by atoms with Crippen molar-refractivity contribution in [1.82, 2.24) is 10.3 Å². The number of benzene rings is 1. The Kier molecular flexibility index (Phi) is 4.39. The number of furan rings is 1. The van der Waals surface area contributed by atoms with E-state index in [2.05, 4.69) is 10.3 Å². The molecule has 0 spiro atoms. The average Bonchev–Trinajstić information content (AvgIpc) is 3.22. The van der Waals surface area contributed by atoms with Gasteiger partial charge >= 0.3 is 0 Å². The van der Waals surface area contributed by atoms with Crippen LogP contribution in [0.5, 0.6) is 0 Å². The van der Waals surface area contributed by atoms with E-state index >= 15 is 0 Å². The molecule has 3 aromatic rings. The summed E-state index contributed by atoms with van der Waals surface area (Å²) in [7, 11) is 0. The van der Waals surface area contributed by atoms with E-state index in [4.69, 9.17) is 4.42 Å². The van der Waals surface area contributed by atoms with Gasteiger partial charge in [0.05, 0.1) is 23.4 Å². The number of nitrogens with zero attached hydrogens (tertiary/aromatic N) is 2. The van der Waals surface area contributed by atoms with E-state index < -0.39 is 4.92 Å². The number of nitro groups is 1. The van der Waals surface area contributed by atoms with Crippen molar-refractivity contribution in [3.05, 3.63) is 68.9 Å². The van der Waals surface area contributed by atoms with E-state index in [1.165, 1.54) is 35.6 Å². The van der Waals surface area contributed by atoms with Crippen LogP contribution in [0.3, 0.4) is 0 Å². The molecular weight excluding hydrogens is 330 g/mol. The number of hydrogen-bond acceptors (Lipinski definition) is 6. The number of hydrogen-bond donors (Lipinski definition) is 1. The predicted molar refractivity (Wildman–Crippen MR) is 88.8 cm³/mol. The number of aromatic nitrogens is 1. The van der Waals surface area contributed by atoms with Crippen LogP contribution < -0.4 is 5.32 Å². The van der Waals surface area contributed by atoms with Crippen LogP contribution in [0.25, 0.3) is 10.8 Å². The Labute approximate surface area is 141 Å². The molecule has 2 aromatic heterocycles. The minimum Gasteiger partial charge on any atom is -0.462 e. The maximum Gasteiger partial charge on any atom is 0.269 e. The molecular formula is C16H13N3O4S. The van der Waals surface area contributed by atoms with Crippen LogP contribution in [0.2, 0.25) is 0 Å². The fourth-order valence-corrected chi connectivity index (χ4v) is 3.07. The molecule has 1 aromatic carbocycles. The normalized spacial score (nSPS) is 10.5. The molecule has 0 fully saturated rings. The smallest absolute Gasteiger partial charge is 0.269 e. The molecule has 1 amide bonds. The first-order chi connectivity index (χ1) is 11.5. The van der Waals surface area contributed by atoms with Gasteiger partial charge in [0.15, 0.2) is 10.8 Å². The fourth-order valence-electron chi connectivity index (χ4n) is 2.09. The van der Waals surface area contributed by atoms with Gasteiger partial charge in [-0.1, -0.05) is 0 Å². The van der Waals surface area contributed by atoms with Gasteiger partial charge in [-0.25, -0.2) is 4.98 Å². The van der Waals surface area contributed by atoms with Crippen molar-refractivity contribution in [2.75, 3.05) is 0 Å². The van der Waals surface area contributed by atoms with E-state index in [0.717, 1.165) is 15.6 Å². The lowest BCUT2D eigenvalue weighted by atomic mass is 10.2. The molecule has 0 aliphatic heterocycles. The molecule has 8 heteroatoms. The topological polar surface area (TPSA) is 98.3 Å². The number of rotatable bonds is 5. The third-order valence-corrected chi connectivity index (χ3v) is 4.55. The maximum atomic E-state index is 12.1. The average molecular weight is 343 g/mol. The van der Waals surface area contributed by atoms with Gasteiger partial charge in [-0.3, -0.25) is 14.9 Å². The van der Waals surface area contributed by atoms with Crippen molar-refractivity contribution >= 4 is 22.9 Å². The Hall–Kier alpha value is -3.00. The van der Waals surface area contributed by atoms with Gasteiger partial charge in [0.1, 0.15) is 0 Å². The first-order valence-corrected chi connectivity index (χ1v) is 7.89. The first-order valence-electron chi connectivity index (χ1n) is 7.07. The monoisotopic (exact) mass is 343 g/mol. The summed E-state index contributed by atoms with van der Waals surface area (Å²) >= 11 is 1.45. The van der Waals surface area contributed by atoms with Crippen LogP contribution >= 0.6 is 11.3 Å². The van der Waals surface area contributed by atoms with Gasteiger partial charge in [0, 0.05) is 22.6 Å². The summed E-state index contributed by atoms with van der Waals surface area (Å²) in [6, 6.07) is 9.10. The highest BCUT2D eigenvalue weighted by atomic mass is 32.1. The molecule has 2 heterocycles. The molecule has 0 radical (unpaired) electrons. The second kappa shape index (κ2) is 6.63. The zero-order valence-corrected chi connectivity index (χ0v) is 13.5. The number of nitro benzene ring substituents is 1. The summed E-state index contributed by atoms with van der Waals surface area (Å²) in [5.74, 6) is 0.397. The Morgan fingerprint density at radius 2 is 2.08 bits per heavy atom. The Morgan fingerprint density at radius 3 is 2.71 bits per heavy atom. The summed E-state index contributed by atoms with van der Waals surface area (Å²) in [4.78, 5) is 27.6. The summed E-state index contributed by atoms with van der Waals surface area (Å²) in [5, 5.41) is 14.2. The molecule has 7 nitrogen and oxygen atoms in total. The Morgan fingerprint density at radius 1 is 1.33 bits per heavy atom. The minimum absolute atomic E-state index is 0.0482. The largest absolute Gasteiger partial charge is 0.462 e. The molecule has 0 atom stereocenters. The second-order valence-corrected chi connectivity index (χ2v) is 6.08. The van der Waals surface area contributed by atoms with E-state index in [0.29, 0.717) is 17.9 Å². The molecule has 3 rings (SSSR count). The van der Waals surface area contributed by atoms with E-state index in [1.54, 1.807) is 12.3 Å². The van der Waals surface area contributed by atoms with Crippen LogP contribution in [0.15, 0.2) is 47.1 Å². The lowest BCUT2D eigenvalue weighted by molar-refractivity contribution is -0.384. The lowest BCUT2D eigenvalue weighted by Gasteiger charge is -2.04. The highest BCUT2D eigenvalue weighted by Gasteiger charge is 2.13. The zero-order valence-electron chi connectivity index (χ0n) is 12.7. The van der Waals surface area contributed by atoms with Crippen LogP contribution in [0.4, 0.5) is 5.69 Å².